The number of hydrogen-bond acceptors (Lipinski definition) is 2. The maximum absolute atomic E-state index is 10.6. The van der Waals surface area contributed by atoms with Gasteiger partial charge in [0.25, 0.3) is 0 Å². The number of rotatable bonds is 2. The topological polar surface area (TPSA) is 34.1 Å². The van der Waals surface area contributed by atoms with Gasteiger partial charge in [0.1, 0.15) is 0 Å². The Hall–Kier alpha value is -1.44. The second-order valence-electron chi connectivity index (χ2n) is 1.77. The standard InChI is InChI=1S/C8H5O2/c9-6-8(10)7-4-2-1-3-5-7/h2-6H. The summed E-state index contributed by atoms with van der Waals surface area (Å²) in [6, 6.07) is 9.04. The van der Waals surface area contributed by atoms with Gasteiger partial charge < -0.3 is 0 Å². The molecule has 49 valence electrons. The summed E-state index contributed by atoms with van der Waals surface area (Å²) in [4.78, 5) is 20.6. The molecule has 0 spiro atoms. The Balaban J connectivity index is 2.95. The molecule has 0 aliphatic carbocycles. The molecule has 0 saturated heterocycles. The van der Waals surface area contributed by atoms with E-state index in [1.807, 2.05) is 0 Å². The smallest absolute Gasteiger partial charge is 0.225 e. The van der Waals surface area contributed by atoms with Crippen LogP contribution in [0.1, 0.15) is 10.4 Å². The predicted octanol–water partition coefficient (Wildman–Crippen LogP) is 0.868. The van der Waals surface area contributed by atoms with Gasteiger partial charge in [-0.15, -0.1) is 0 Å². The molecular formula is C8H5O2. The third-order valence-corrected chi connectivity index (χ3v) is 1.11. The van der Waals surface area contributed by atoms with Gasteiger partial charge in [-0.1, -0.05) is 24.3 Å². The predicted molar refractivity (Wildman–Crippen MR) is 35.7 cm³/mol. The molecular weight excluding hydrogens is 128 g/mol. The molecule has 1 rings (SSSR count). The number of carbonyl (C=O) groups is 2. The van der Waals surface area contributed by atoms with E-state index in [0.717, 1.165) is 0 Å². The van der Waals surface area contributed by atoms with Crippen molar-refractivity contribution in [2.24, 2.45) is 0 Å². The van der Waals surface area contributed by atoms with Crippen LogP contribution in [0.3, 0.4) is 0 Å². The number of ketones is 1. The molecule has 0 bridgehead atoms. The van der Waals surface area contributed by atoms with E-state index in [2.05, 4.69) is 6.07 Å². The van der Waals surface area contributed by atoms with E-state index < -0.39 is 5.78 Å². The Kier molecular flexibility index (Phi) is 1.95. The molecule has 0 atom stereocenters. The zero-order valence-corrected chi connectivity index (χ0v) is 5.20. The van der Waals surface area contributed by atoms with Gasteiger partial charge >= 0.3 is 0 Å². The van der Waals surface area contributed by atoms with Crippen LogP contribution in [-0.4, -0.2) is 12.1 Å². The van der Waals surface area contributed by atoms with Gasteiger partial charge in [0.05, 0.1) is 0 Å². The van der Waals surface area contributed by atoms with Crippen molar-refractivity contribution in [1.29, 1.82) is 0 Å². The minimum Gasteiger partial charge on any atom is -0.294 e. The molecule has 0 saturated carbocycles. The highest BCUT2D eigenvalue weighted by molar-refractivity contribution is 6.33. The summed E-state index contributed by atoms with van der Waals surface area (Å²) in [5.74, 6) is -0.492. The molecule has 1 aromatic carbocycles. The van der Waals surface area contributed by atoms with Crippen molar-refractivity contribution in [2.75, 3.05) is 0 Å². The highest BCUT2D eigenvalue weighted by Crippen LogP contribution is 1.96. The van der Waals surface area contributed by atoms with Gasteiger partial charge in [0, 0.05) is 5.56 Å². The molecule has 2 heteroatoms. The first-order chi connectivity index (χ1) is 4.84. The van der Waals surface area contributed by atoms with Crippen LogP contribution in [-0.2, 0) is 4.79 Å². The number of aldehydes is 1. The molecule has 1 aromatic rings. The van der Waals surface area contributed by atoms with E-state index in [9.17, 15) is 9.59 Å². The highest BCUT2D eigenvalue weighted by atomic mass is 16.2. The fourth-order valence-electron chi connectivity index (χ4n) is 0.619. The monoisotopic (exact) mass is 133 g/mol. The normalized spacial score (nSPS) is 8.80. The number of Topliss-reactive ketones (excluding diaryl/α,β-unsaturated/α-hetero) is 1. The van der Waals surface area contributed by atoms with E-state index in [0.29, 0.717) is 11.8 Å². The van der Waals surface area contributed by atoms with Gasteiger partial charge in [0.2, 0.25) is 5.78 Å². The lowest BCUT2D eigenvalue weighted by molar-refractivity contribution is -0.104. The summed E-state index contributed by atoms with van der Waals surface area (Å²) in [6.45, 7) is 0. The maximum atomic E-state index is 10.6. The van der Waals surface area contributed by atoms with Crippen molar-refractivity contribution < 1.29 is 9.59 Å². The minimum atomic E-state index is -0.492. The number of carbonyl (C=O) groups excluding carboxylic acids is 2. The van der Waals surface area contributed by atoms with Gasteiger partial charge in [-0.2, -0.15) is 0 Å². The lowest BCUT2D eigenvalue weighted by atomic mass is 10.1. The second-order valence-corrected chi connectivity index (χ2v) is 1.77. The summed E-state index contributed by atoms with van der Waals surface area (Å²) in [7, 11) is 0. The van der Waals surface area contributed by atoms with Gasteiger partial charge in [0.15, 0.2) is 6.29 Å². The van der Waals surface area contributed by atoms with Crippen molar-refractivity contribution in [2.45, 2.75) is 0 Å². The van der Waals surface area contributed by atoms with Crippen LogP contribution in [0.25, 0.3) is 0 Å². The SMILES string of the molecule is O=CC(=O)c1cc[c]cc1. The molecule has 1 radical (unpaired) electrons. The van der Waals surface area contributed by atoms with Crippen molar-refractivity contribution >= 4 is 12.1 Å². The summed E-state index contributed by atoms with van der Waals surface area (Å²) in [6.07, 6.45) is 0.301. The highest BCUT2D eigenvalue weighted by Gasteiger charge is 1.99. The largest absolute Gasteiger partial charge is 0.294 e. The fraction of sp³-hybridized carbons (Fsp3) is 0. The van der Waals surface area contributed by atoms with Crippen LogP contribution in [0.5, 0.6) is 0 Å². The molecule has 0 aliphatic rings. The summed E-state index contributed by atoms with van der Waals surface area (Å²) < 4.78 is 0. The van der Waals surface area contributed by atoms with Crippen molar-refractivity contribution in [3.63, 3.8) is 0 Å². The Morgan fingerprint density at radius 3 is 2.50 bits per heavy atom. The van der Waals surface area contributed by atoms with Crippen LogP contribution in [0, 0.1) is 6.07 Å². The summed E-state index contributed by atoms with van der Waals surface area (Å²) >= 11 is 0. The van der Waals surface area contributed by atoms with Gasteiger partial charge in [-0.25, -0.2) is 0 Å². The minimum absolute atomic E-state index is 0.301. The van der Waals surface area contributed by atoms with Crippen LogP contribution < -0.4 is 0 Å². The van der Waals surface area contributed by atoms with Crippen molar-refractivity contribution in [3.8, 4) is 0 Å². The lowest BCUT2D eigenvalue weighted by Crippen LogP contribution is -1.98. The summed E-state index contributed by atoms with van der Waals surface area (Å²) in [5, 5.41) is 0. The van der Waals surface area contributed by atoms with E-state index in [-0.39, 0.29) is 0 Å². The second kappa shape index (κ2) is 2.92. The Bertz CT molecular complexity index is 239. The fourth-order valence-corrected chi connectivity index (χ4v) is 0.619. The van der Waals surface area contributed by atoms with E-state index >= 15 is 0 Å². The van der Waals surface area contributed by atoms with Crippen LogP contribution in [0.15, 0.2) is 24.3 Å². The zero-order valence-electron chi connectivity index (χ0n) is 5.20. The first-order valence-corrected chi connectivity index (χ1v) is 2.80. The average molecular weight is 133 g/mol. The van der Waals surface area contributed by atoms with Crippen LogP contribution in [0.2, 0.25) is 0 Å². The van der Waals surface area contributed by atoms with Crippen LogP contribution in [0.4, 0.5) is 0 Å². The lowest BCUT2D eigenvalue weighted by Gasteiger charge is -1.88. The molecule has 0 aromatic heterocycles. The van der Waals surface area contributed by atoms with E-state index in [1.54, 1.807) is 24.3 Å². The molecule has 0 N–H and O–H groups in total. The van der Waals surface area contributed by atoms with Gasteiger partial charge in [-0.3, -0.25) is 9.59 Å². The third kappa shape index (κ3) is 1.29. The van der Waals surface area contributed by atoms with E-state index in [4.69, 9.17) is 0 Å². The zero-order chi connectivity index (χ0) is 7.40. The summed E-state index contributed by atoms with van der Waals surface area (Å²) in [5.41, 5.74) is 0.411. The van der Waals surface area contributed by atoms with E-state index in [1.165, 1.54) is 0 Å². The average Bonchev–Trinajstić information content (AvgIpc) is 2.05. The molecule has 10 heavy (non-hydrogen) atoms. The Morgan fingerprint density at radius 1 is 1.40 bits per heavy atom. The van der Waals surface area contributed by atoms with Crippen molar-refractivity contribution in [1.82, 2.24) is 0 Å². The first-order valence-electron chi connectivity index (χ1n) is 2.80. The van der Waals surface area contributed by atoms with Gasteiger partial charge in [-0.05, 0) is 6.07 Å². The Morgan fingerprint density at radius 2 is 2.00 bits per heavy atom. The number of benzene rings is 1. The maximum Gasteiger partial charge on any atom is 0.225 e. The van der Waals surface area contributed by atoms with Crippen LogP contribution >= 0.6 is 0 Å². The molecule has 0 unspecified atom stereocenters. The molecule has 0 aliphatic heterocycles. The molecule has 0 fully saturated rings. The number of hydrogen-bond donors (Lipinski definition) is 0. The van der Waals surface area contributed by atoms with Crippen molar-refractivity contribution in [3.05, 3.63) is 35.9 Å². The molecule has 0 amide bonds. The molecule has 0 heterocycles. The third-order valence-electron chi connectivity index (χ3n) is 1.11. The Labute approximate surface area is 58.5 Å². The molecule has 2 nitrogen and oxygen atoms in total. The quantitative estimate of drug-likeness (QED) is 0.341. The first kappa shape index (κ1) is 6.68.